The number of carbonyl (C=O) groups excluding carboxylic acids is 1. The molecule has 8 heteroatoms. The fourth-order valence-corrected chi connectivity index (χ4v) is 3.04. The molecule has 0 radical (unpaired) electrons. The number of aromatic nitrogens is 4. The van der Waals surface area contributed by atoms with E-state index in [0.717, 1.165) is 10.6 Å². The molecule has 0 unspecified atom stereocenters. The second kappa shape index (κ2) is 6.40. The van der Waals surface area contributed by atoms with Gasteiger partial charge in [0.1, 0.15) is 11.4 Å². The van der Waals surface area contributed by atoms with Gasteiger partial charge in [0.2, 0.25) is 0 Å². The van der Waals surface area contributed by atoms with Crippen molar-refractivity contribution in [2.45, 2.75) is 13.8 Å². The number of aryl methyl sites for hydroxylation is 3. The Morgan fingerprint density at radius 3 is 2.58 bits per heavy atom. The molecule has 0 aromatic carbocycles. The lowest BCUT2D eigenvalue weighted by Gasteiger charge is -2.11. The predicted octanol–water partition coefficient (Wildman–Crippen LogP) is 2.82. The smallest absolute Gasteiger partial charge is 0.316 e. The molecule has 0 atom stereocenters. The number of nitrogens with one attached hydrogen (secondary N) is 1. The molecule has 0 bridgehead atoms. The summed E-state index contributed by atoms with van der Waals surface area (Å²) in [7, 11) is 3.25. The monoisotopic (exact) mass is 343 g/mol. The SMILES string of the molecule is COc1nc(C)c(NC(=O)c2cc(-c3cccs3)nn2C)c(C)n1. The van der Waals surface area contributed by atoms with Crippen molar-refractivity contribution in [1.82, 2.24) is 19.7 Å². The van der Waals surface area contributed by atoms with Crippen LogP contribution >= 0.6 is 11.3 Å². The summed E-state index contributed by atoms with van der Waals surface area (Å²) in [5.74, 6) is -0.257. The van der Waals surface area contributed by atoms with E-state index in [9.17, 15) is 4.79 Å². The van der Waals surface area contributed by atoms with Crippen LogP contribution < -0.4 is 10.1 Å². The molecule has 3 aromatic heterocycles. The average Bonchev–Trinajstić information content (AvgIpc) is 3.19. The third kappa shape index (κ3) is 3.00. The van der Waals surface area contributed by atoms with E-state index >= 15 is 0 Å². The van der Waals surface area contributed by atoms with Gasteiger partial charge in [-0.1, -0.05) is 6.07 Å². The maximum atomic E-state index is 12.6. The first kappa shape index (κ1) is 16.1. The Hall–Kier alpha value is -2.74. The van der Waals surface area contributed by atoms with E-state index in [-0.39, 0.29) is 11.9 Å². The summed E-state index contributed by atoms with van der Waals surface area (Å²) in [4.78, 5) is 22.0. The fraction of sp³-hybridized carbons (Fsp3) is 0.250. The van der Waals surface area contributed by atoms with Gasteiger partial charge in [0.25, 0.3) is 5.91 Å². The highest BCUT2D eigenvalue weighted by Gasteiger charge is 2.18. The quantitative estimate of drug-likeness (QED) is 0.788. The number of rotatable bonds is 4. The van der Waals surface area contributed by atoms with Crippen LogP contribution in [0.4, 0.5) is 5.69 Å². The van der Waals surface area contributed by atoms with Crippen LogP contribution in [0.25, 0.3) is 10.6 Å². The topological polar surface area (TPSA) is 81.9 Å². The van der Waals surface area contributed by atoms with Crippen molar-refractivity contribution in [3.05, 3.63) is 40.7 Å². The molecule has 1 N–H and O–H groups in total. The van der Waals surface area contributed by atoms with Crippen molar-refractivity contribution in [3.8, 4) is 16.6 Å². The number of carbonyl (C=O) groups is 1. The van der Waals surface area contributed by atoms with Crippen LogP contribution in [0.2, 0.25) is 0 Å². The number of anilines is 1. The summed E-state index contributed by atoms with van der Waals surface area (Å²) in [5, 5.41) is 9.25. The van der Waals surface area contributed by atoms with E-state index in [1.165, 1.54) is 7.11 Å². The Bertz CT molecular complexity index is 863. The normalized spacial score (nSPS) is 10.7. The molecule has 1 amide bonds. The molecule has 0 saturated carbocycles. The minimum absolute atomic E-state index is 0.257. The summed E-state index contributed by atoms with van der Waals surface area (Å²) in [6.45, 7) is 3.60. The van der Waals surface area contributed by atoms with Gasteiger partial charge < -0.3 is 10.1 Å². The zero-order chi connectivity index (χ0) is 17.3. The Balaban J connectivity index is 1.89. The molecule has 0 aliphatic carbocycles. The summed E-state index contributed by atoms with van der Waals surface area (Å²) in [6, 6.07) is 5.98. The second-order valence-corrected chi connectivity index (χ2v) is 6.17. The van der Waals surface area contributed by atoms with Crippen LogP contribution in [0.5, 0.6) is 6.01 Å². The zero-order valence-electron chi connectivity index (χ0n) is 13.8. The van der Waals surface area contributed by atoms with Crippen molar-refractivity contribution in [2.75, 3.05) is 12.4 Å². The van der Waals surface area contributed by atoms with E-state index in [1.807, 2.05) is 17.5 Å². The molecule has 0 aliphatic rings. The van der Waals surface area contributed by atoms with Gasteiger partial charge in [0.15, 0.2) is 0 Å². The van der Waals surface area contributed by atoms with E-state index in [2.05, 4.69) is 20.4 Å². The van der Waals surface area contributed by atoms with Crippen LogP contribution in [0.15, 0.2) is 23.6 Å². The predicted molar refractivity (Wildman–Crippen MR) is 92.5 cm³/mol. The minimum Gasteiger partial charge on any atom is -0.467 e. The van der Waals surface area contributed by atoms with Gasteiger partial charge in [0.05, 0.1) is 29.1 Å². The van der Waals surface area contributed by atoms with Gasteiger partial charge in [-0.05, 0) is 31.4 Å². The molecular formula is C16H17N5O2S. The molecule has 3 heterocycles. The van der Waals surface area contributed by atoms with Gasteiger partial charge in [-0.25, -0.2) is 0 Å². The zero-order valence-corrected chi connectivity index (χ0v) is 14.6. The third-order valence-corrected chi connectivity index (χ3v) is 4.45. The van der Waals surface area contributed by atoms with Crippen LogP contribution in [0, 0.1) is 13.8 Å². The number of ether oxygens (including phenoxy) is 1. The molecule has 124 valence electrons. The van der Waals surface area contributed by atoms with Gasteiger partial charge in [-0.3, -0.25) is 9.48 Å². The summed E-state index contributed by atoms with van der Waals surface area (Å²) < 4.78 is 6.61. The molecule has 3 aromatic rings. The Morgan fingerprint density at radius 2 is 2.00 bits per heavy atom. The number of thiophene rings is 1. The highest BCUT2D eigenvalue weighted by atomic mass is 32.1. The molecule has 0 saturated heterocycles. The lowest BCUT2D eigenvalue weighted by molar-refractivity contribution is 0.101. The van der Waals surface area contributed by atoms with E-state index in [1.54, 1.807) is 43.0 Å². The molecule has 3 rings (SSSR count). The third-order valence-electron chi connectivity index (χ3n) is 3.56. The Labute approximate surface area is 143 Å². The first-order valence-corrected chi connectivity index (χ1v) is 8.16. The molecule has 0 fully saturated rings. The van der Waals surface area contributed by atoms with Crippen LogP contribution in [0.1, 0.15) is 21.9 Å². The van der Waals surface area contributed by atoms with E-state index in [4.69, 9.17) is 4.74 Å². The lowest BCUT2D eigenvalue weighted by atomic mass is 10.2. The van der Waals surface area contributed by atoms with Gasteiger partial charge in [-0.15, -0.1) is 11.3 Å². The minimum atomic E-state index is -0.257. The first-order valence-electron chi connectivity index (χ1n) is 7.28. The molecule has 7 nitrogen and oxygen atoms in total. The molecule has 0 aliphatic heterocycles. The summed E-state index contributed by atoms with van der Waals surface area (Å²) in [5.41, 5.74) is 3.12. The van der Waals surface area contributed by atoms with Crippen LogP contribution in [0.3, 0.4) is 0 Å². The highest BCUT2D eigenvalue weighted by Crippen LogP contribution is 2.25. The largest absolute Gasteiger partial charge is 0.467 e. The number of nitrogens with zero attached hydrogens (tertiary/aromatic N) is 4. The maximum Gasteiger partial charge on any atom is 0.316 e. The standard InChI is InChI=1S/C16H17N5O2S/c1-9-14(10(2)18-16(17-9)23-4)19-15(22)12-8-11(20-21(12)3)13-6-5-7-24-13/h5-8H,1-4H3,(H,19,22). The number of hydrogen-bond donors (Lipinski definition) is 1. The summed E-state index contributed by atoms with van der Waals surface area (Å²) >= 11 is 1.58. The van der Waals surface area contributed by atoms with Gasteiger partial charge in [0, 0.05) is 7.05 Å². The second-order valence-electron chi connectivity index (χ2n) is 5.23. The number of amides is 1. The van der Waals surface area contributed by atoms with Crippen LogP contribution in [-0.2, 0) is 7.05 Å². The number of methoxy groups -OCH3 is 1. The van der Waals surface area contributed by atoms with Crippen LogP contribution in [-0.4, -0.2) is 32.8 Å². The molecule has 24 heavy (non-hydrogen) atoms. The van der Waals surface area contributed by atoms with E-state index < -0.39 is 0 Å². The maximum absolute atomic E-state index is 12.6. The van der Waals surface area contributed by atoms with Crippen molar-refractivity contribution < 1.29 is 9.53 Å². The first-order chi connectivity index (χ1) is 11.5. The van der Waals surface area contributed by atoms with Crippen molar-refractivity contribution >= 4 is 22.9 Å². The number of hydrogen-bond acceptors (Lipinski definition) is 6. The fourth-order valence-electron chi connectivity index (χ4n) is 2.36. The molecule has 0 spiro atoms. The summed E-state index contributed by atoms with van der Waals surface area (Å²) in [6.07, 6.45) is 0. The van der Waals surface area contributed by atoms with Crippen molar-refractivity contribution in [2.24, 2.45) is 7.05 Å². The molecular weight excluding hydrogens is 326 g/mol. The Kier molecular flexibility index (Phi) is 4.30. The van der Waals surface area contributed by atoms with Gasteiger partial charge in [-0.2, -0.15) is 15.1 Å². The lowest BCUT2D eigenvalue weighted by Crippen LogP contribution is -2.18. The van der Waals surface area contributed by atoms with Crippen molar-refractivity contribution in [1.29, 1.82) is 0 Å². The van der Waals surface area contributed by atoms with Crippen molar-refractivity contribution in [3.63, 3.8) is 0 Å². The average molecular weight is 343 g/mol. The Morgan fingerprint density at radius 1 is 1.29 bits per heavy atom. The van der Waals surface area contributed by atoms with E-state index in [0.29, 0.717) is 22.8 Å². The van der Waals surface area contributed by atoms with Gasteiger partial charge >= 0.3 is 6.01 Å². The highest BCUT2D eigenvalue weighted by molar-refractivity contribution is 7.13.